The quantitative estimate of drug-likeness (QED) is 0.689. The molecule has 1 fully saturated rings. The van der Waals surface area contributed by atoms with Crippen LogP contribution in [0.1, 0.15) is 20.8 Å². The van der Waals surface area contributed by atoms with Crippen molar-refractivity contribution in [3.8, 4) is 0 Å². The molecule has 0 N–H and O–H groups in total. The fourth-order valence-electron chi connectivity index (χ4n) is 1.83. The second kappa shape index (κ2) is 7.05. The lowest BCUT2D eigenvalue weighted by molar-refractivity contribution is -0.0425. The fraction of sp³-hybridized carbons (Fsp3) is 1.00. The van der Waals surface area contributed by atoms with Gasteiger partial charge in [-0.05, 0) is 20.8 Å². The normalized spacial score (nSPS) is 26.7. The Bertz CT molecular complexity index is 347. The maximum Gasteiger partial charge on any atom is 0.216 e. The van der Waals surface area contributed by atoms with E-state index in [2.05, 4.69) is 0 Å². The van der Waals surface area contributed by atoms with E-state index in [1.165, 1.54) is 4.31 Å². The summed E-state index contributed by atoms with van der Waals surface area (Å²) in [6.07, 6.45) is -0.307. The lowest BCUT2D eigenvalue weighted by atomic mass is 10.3. The van der Waals surface area contributed by atoms with Crippen LogP contribution < -0.4 is 0 Å². The summed E-state index contributed by atoms with van der Waals surface area (Å²) in [4.78, 5) is 0. The molecule has 5 nitrogen and oxygen atoms in total. The number of sulfonamides is 1. The molecule has 1 aliphatic rings. The summed E-state index contributed by atoms with van der Waals surface area (Å²) in [5.74, 6) is 0.311. The van der Waals surface area contributed by atoms with Gasteiger partial charge in [0.05, 0.1) is 30.7 Å². The number of morpholine rings is 1. The van der Waals surface area contributed by atoms with Gasteiger partial charge in [0, 0.05) is 19.0 Å². The molecule has 108 valence electrons. The van der Waals surface area contributed by atoms with Crippen LogP contribution in [0, 0.1) is 0 Å². The summed E-state index contributed by atoms with van der Waals surface area (Å²) in [5, 5.41) is 0. The van der Waals surface area contributed by atoms with Gasteiger partial charge in [-0.2, -0.15) is 4.31 Å². The zero-order chi connectivity index (χ0) is 13.8. The fourth-order valence-corrected chi connectivity index (χ4v) is 3.40. The Labute approximate surface area is 114 Å². The molecule has 0 aliphatic carbocycles. The van der Waals surface area contributed by atoms with Crippen molar-refractivity contribution in [1.29, 1.82) is 0 Å². The number of hydrogen-bond donors (Lipinski definition) is 0. The van der Waals surface area contributed by atoms with Crippen LogP contribution in [0.2, 0.25) is 0 Å². The Morgan fingerprint density at radius 3 is 2.67 bits per heavy atom. The van der Waals surface area contributed by atoms with Crippen molar-refractivity contribution in [1.82, 2.24) is 4.31 Å². The molecular formula is C11H22ClNO4S. The Kier molecular flexibility index (Phi) is 6.34. The number of halogens is 1. The van der Waals surface area contributed by atoms with Crippen LogP contribution in [-0.2, 0) is 19.5 Å². The molecular weight excluding hydrogens is 278 g/mol. The molecule has 0 radical (unpaired) electrons. The molecule has 2 atom stereocenters. The molecule has 2 unspecified atom stereocenters. The minimum atomic E-state index is -3.29. The highest BCUT2D eigenvalue weighted by atomic mass is 35.5. The Hall–Kier alpha value is 0.120. The lowest BCUT2D eigenvalue weighted by Crippen LogP contribution is -2.50. The van der Waals surface area contributed by atoms with Gasteiger partial charge < -0.3 is 9.47 Å². The largest absolute Gasteiger partial charge is 0.378 e. The van der Waals surface area contributed by atoms with Crippen molar-refractivity contribution in [2.24, 2.45) is 0 Å². The van der Waals surface area contributed by atoms with Crippen LogP contribution in [0.15, 0.2) is 0 Å². The van der Waals surface area contributed by atoms with Gasteiger partial charge >= 0.3 is 0 Å². The Balaban J connectivity index is 2.55. The average Bonchev–Trinajstić information content (AvgIpc) is 2.27. The second-order valence-corrected chi connectivity index (χ2v) is 7.17. The maximum atomic E-state index is 12.1. The van der Waals surface area contributed by atoms with Gasteiger partial charge in [0.15, 0.2) is 0 Å². The van der Waals surface area contributed by atoms with E-state index in [1.807, 2.05) is 20.8 Å². The van der Waals surface area contributed by atoms with Gasteiger partial charge in [-0.15, -0.1) is 11.6 Å². The molecule has 0 bridgehead atoms. The smallest absolute Gasteiger partial charge is 0.216 e. The van der Waals surface area contributed by atoms with Crippen molar-refractivity contribution in [2.75, 3.05) is 31.3 Å². The number of hydrogen-bond acceptors (Lipinski definition) is 4. The first kappa shape index (κ1) is 16.2. The van der Waals surface area contributed by atoms with Crippen molar-refractivity contribution in [2.45, 2.75) is 39.1 Å². The van der Waals surface area contributed by atoms with E-state index in [0.717, 1.165) is 0 Å². The molecule has 0 spiro atoms. The van der Waals surface area contributed by atoms with Crippen LogP contribution >= 0.6 is 11.6 Å². The van der Waals surface area contributed by atoms with Crippen molar-refractivity contribution in [3.05, 3.63) is 0 Å². The van der Waals surface area contributed by atoms with E-state index in [-0.39, 0.29) is 30.7 Å². The lowest BCUT2D eigenvalue weighted by Gasteiger charge is -2.35. The number of ether oxygens (including phenoxy) is 2. The predicted octanol–water partition coefficient (Wildman–Crippen LogP) is 1.07. The van der Waals surface area contributed by atoms with Gasteiger partial charge in [-0.25, -0.2) is 8.42 Å². The molecule has 7 heteroatoms. The van der Waals surface area contributed by atoms with Gasteiger partial charge in [0.1, 0.15) is 0 Å². The zero-order valence-corrected chi connectivity index (χ0v) is 12.7. The summed E-state index contributed by atoms with van der Waals surface area (Å²) in [6.45, 7) is 6.55. The maximum absolute atomic E-state index is 12.1. The molecule has 0 aromatic rings. The molecule has 0 amide bonds. The first-order valence-corrected chi connectivity index (χ1v) is 8.30. The molecule has 1 aliphatic heterocycles. The summed E-state index contributed by atoms with van der Waals surface area (Å²) in [6, 6.07) is 0. The van der Waals surface area contributed by atoms with Gasteiger partial charge in [-0.3, -0.25) is 0 Å². The highest BCUT2D eigenvalue weighted by Gasteiger charge is 2.32. The van der Waals surface area contributed by atoms with Crippen molar-refractivity contribution >= 4 is 21.6 Å². The Morgan fingerprint density at radius 2 is 2.11 bits per heavy atom. The van der Waals surface area contributed by atoms with Gasteiger partial charge in [-0.1, -0.05) is 0 Å². The number of rotatable bonds is 6. The summed E-state index contributed by atoms with van der Waals surface area (Å²) >= 11 is 5.74. The van der Waals surface area contributed by atoms with E-state index in [1.54, 1.807) is 0 Å². The molecule has 1 saturated heterocycles. The van der Waals surface area contributed by atoms with Crippen LogP contribution in [0.4, 0.5) is 0 Å². The van der Waals surface area contributed by atoms with Crippen LogP contribution in [0.5, 0.6) is 0 Å². The molecule has 18 heavy (non-hydrogen) atoms. The number of alkyl halides is 1. The average molecular weight is 300 g/mol. The third kappa shape index (κ3) is 5.01. The second-order valence-electron chi connectivity index (χ2n) is 4.78. The topological polar surface area (TPSA) is 55.8 Å². The van der Waals surface area contributed by atoms with E-state index in [4.69, 9.17) is 21.1 Å². The van der Waals surface area contributed by atoms with Gasteiger partial charge in [0.2, 0.25) is 10.0 Å². The molecule has 1 rings (SSSR count). The summed E-state index contributed by atoms with van der Waals surface area (Å²) in [5.41, 5.74) is 0. The summed E-state index contributed by atoms with van der Waals surface area (Å²) in [7, 11) is -3.29. The molecule has 0 aromatic carbocycles. The van der Waals surface area contributed by atoms with Crippen molar-refractivity contribution < 1.29 is 17.9 Å². The molecule has 0 saturated carbocycles. The first-order chi connectivity index (χ1) is 8.35. The van der Waals surface area contributed by atoms with E-state index < -0.39 is 10.0 Å². The molecule has 0 aromatic heterocycles. The minimum Gasteiger partial charge on any atom is -0.378 e. The van der Waals surface area contributed by atoms with Crippen LogP contribution in [0.25, 0.3) is 0 Å². The number of nitrogens with zero attached hydrogens (tertiary/aromatic N) is 1. The standard InChI is InChI=1S/C11H22ClNO4S/c1-9(2)16-4-5-18(14,15)13-7-10(3)17-11(6-12)8-13/h9-11H,4-8H2,1-3H3. The monoisotopic (exact) mass is 299 g/mol. The van der Waals surface area contributed by atoms with Crippen LogP contribution in [-0.4, -0.2) is 62.4 Å². The highest BCUT2D eigenvalue weighted by molar-refractivity contribution is 7.89. The third-order valence-electron chi connectivity index (χ3n) is 2.65. The zero-order valence-electron chi connectivity index (χ0n) is 11.1. The Morgan fingerprint density at radius 1 is 1.44 bits per heavy atom. The van der Waals surface area contributed by atoms with E-state index in [9.17, 15) is 8.42 Å². The van der Waals surface area contributed by atoms with Gasteiger partial charge in [0.25, 0.3) is 0 Å². The van der Waals surface area contributed by atoms with E-state index >= 15 is 0 Å². The minimum absolute atomic E-state index is 0.00685. The van der Waals surface area contributed by atoms with Crippen molar-refractivity contribution in [3.63, 3.8) is 0 Å². The summed E-state index contributed by atoms with van der Waals surface area (Å²) < 4.78 is 36.5. The first-order valence-electron chi connectivity index (χ1n) is 6.16. The SMILES string of the molecule is CC(C)OCCS(=O)(=O)N1CC(C)OC(CCl)C1. The van der Waals surface area contributed by atoms with E-state index in [0.29, 0.717) is 19.0 Å². The predicted molar refractivity (Wildman–Crippen MR) is 71.5 cm³/mol. The molecule has 1 heterocycles. The van der Waals surface area contributed by atoms with Crippen LogP contribution in [0.3, 0.4) is 0 Å². The highest BCUT2D eigenvalue weighted by Crippen LogP contribution is 2.16. The third-order valence-corrected chi connectivity index (χ3v) is 4.76.